The van der Waals surface area contributed by atoms with Crippen LogP contribution in [-0.4, -0.2) is 15.7 Å². The van der Waals surface area contributed by atoms with Gasteiger partial charge in [0.2, 0.25) is 0 Å². The molecule has 0 aliphatic rings. The van der Waals surface area contributed by atoms with Gasteiger partial charge in [0, 0.05) is 16.5 Å². The van der Waals surface area contributed by atoms with Gasteiger partial charge >= 0.3 is 0 Å². The topological polar surface area (TPSA) is 28.7 Å². The highest BCUT2D eigenvalue weighted by Crippen LogP contribution is 2.23. The molecule has 2 aromatic rings. The Morgan fingerprint density at radius 2 is 1.79 bits per heavy atom. The minimum atomic E-state index is 1.08. The minimum Gasteiger partial charge on any atom is -0.332 e. The van der Waals surface area contributed by atoms with E-state index in [1.807, 2.05) is 11.8 Å². The molecule has 0 saturated carbocycles. The summed E-state index contributed by atoms with van der Waals surface area (Å²) in [6.07, 6.45) is 11.1. The maximum absolute atomic E-state index is 4.56. The van der Waals surface area contributed by atoms with E-state index in [0.29, 0.717) is 0 Å². The fourth-order valence-corrected chi connectivity index (χ4v) is 3.78. The third-order valence-corrected chi connectivity index (χ3v) is 5.03. The van der Waals surface area contributed by atoms with Crippen molar-refractivity contribution in [1.29, 1.82) is 0 Å². The molecule has 2 aromatic heterocycles. The van der Waals surface area contributed by atoms with E-state index >= 15 is 0 Å². The summed E-state index contributed by atoms with van der Waals surface area (Å²) in [5, 5.41) is 5.32. The van der Waals surface area contributed by atoms with Gasteiger partial charge in [-0.05, 0) is 6.42 Å². The van der Waals surface area contributed by atoms with E-state index in [1.54, 1.807) is 11.3 Å². The first-order valence-electron chi connectivity index (χ1n) is 7.45. The van der Waals surface area contributed by atoms with Crippen molar-refractivity contribution in [2.24, 2.45) is 0 Å². The maximum Gasteiger partial charge on any atom is 0.166 e. The van der Waals surface area contributed by atoms with Crippen LogP contribution in [0.5, 0.6) is 0 Å². The number of aromatic amines is 1. The van der Waals surface area contributed by atoms with Crippen molar-refractivity contribution in [3.05, 3.63) is 10.8 Å². The average molecular weight is 297 g/mol. The summed E-state index contributed by atoms with van der Waals surface area (Å²) in [6.45, 7) is 2.27. The Morgan fingerprint density at radius 3 is 2.53 bits per heavy atom. The third kappa shape index (κ3) is 5.19. The van der Waals surface area contributed by atoms with Crippen LogP contribution in [-0.2, 0) is 0 Å². The Hall–Kier alpha value is -0.480. The van der Waals surface area contributed by atoms with E-state index in [2.05, 4.69) is 27.7 Å². The first-order valence-corrected chi connectivity index (χ1v) is 9.37. The number of nitrogens with one attached hydrogen (secondary N) is 1. The molecular formula is C15H24N2S2. The lowest BCUT2D eigenvalue weighted by Gasteiger charge is -2.01. The molecule has 2 heterocycles. The number of hydrogen-bond acceptors (Lipinski definition) is 3. The lowest BCUT2D eigenvalue weighted by Crippen LogP contribution is -1.84. The number of thioether (sulfide) groups is 1. The second-order valence-electron chi connectivity index (χ2n) is 5.04. The predicted octanol–water partition coefficient (Wildman–Crippen LogP) is 5.86. The smallest absolute Gasteiger partial charge is 0.166 e. The lowest BCUT2D eigenvalue weighted by molar-refractivity contribution is 0.586. The number of imidazole rings is 1. The summed E-state index contributed by atoms with van der Waals surface area (Å²) >= 11 is 3.57. The second kappa shape index (κ2) is 8.64. The van der Waals surface area contributed by atoms with E-state index < -0.39 is 0 Å². The molecule has 4 heteroatoms. The van der Waals surface area contributed by atoms with Gasteiger partial charge in [0.05, 0.1) is 5.52 Å². The SMILES string of the molecule is CCCCCCCCCCSc1nc2cscc2[nH]1. The van der Waals surface area contributed by atoms with Crippen molar-refractivity contribution >= 4 is 34.1 Å². The highest BCUT2D eigenvalue weighted by molar-refractivity contribution is 7.99. The number of unbranched alkanes of at least 4 members (excludes halogenated alkanes) is 7. The van der Waals surface area contributed by atoms with Crippen molar-refractivity contribution in [3.8, 4) is 0 Å². The van der Waals surface area contributed by atoms with Crippen molar-refractivity contribution in [2.75, 3.05) is 5.75 Å². The zero-order valence-corrected chi connectivity index (χ0v) is 13.4. The molecule has 0 atom stereocenters. The second-order valence-corrected chi connectivity index (χ2v) is 6.86. The largest absolute Gasteiger partial charge is 0.332 e. The number of rotatable bonds is 10. The first-order chi connectivity index (χ1) is 9.40. The molecular weight excluding hydrogens is 272 g/mol. The molecule has 0 aromatic carbocycles. The molecule has 2 rings (SSSR count). The Labute approximate surface area is 124 Å². The Morgan fingerprint density at radius 1 is 1.05 bits per heavy atom. The summed E-state index contributed by atoms with van der Waals surface area (Å²) in [7, 11) is 0. The third-order valence-electron chi connectivity index (χ3n) is 3.34. The summed E-state index contributed by atoms with van der Waals surface area (Å²) in [6, 6.07) is 0. The van der Waals surface area contributed by atoms with Crippen molar-refractivity contribution < 1.29 is 0 Å². The van der Waals surface area contributed by atoms with Gasteiger partial charge in [0.1, 0.15) is 5.52 Å². The van der Waals surface area contributed by atoms with Gasteiger partial charge in [-0.1, -0.05) is 63.6 Å². The van der Waals surface area contributed by atoms with E-state index in [1.165, 1.54) is 62.6 Å². The Balaban J connectivity index is 1.49. The maximum atomic E-state index is 4.56. The molecule has 0 radical (unpaired) electrons. The van der Waals surface area contributed by atoms with Crippen LogP contribution in [0.1, 0.15) is 58.3 Å². The highest BCUT2D eigenvalue weighted by Gasteiger charge is 2.03. The van der Waals surface area contributed by atoms with Crippen molar-refractivity contribution in [2.45, 2.75) is 63.4 Å². The van der Waals surface area contributed by atoms with Gasteiger partial charge in [-0.3, -0.25) is 0 Å². The molecule has 0 saturated heterocycles. The fraction of sp³-hybridized carbons (Fsp3) is 0.667. The highest BCUT2D eigenvalue weighted by atomic mass is 32.2. The van der Waals surface area contributed by atoms with E-state index in [4.69, 9.17) is 0 Å². The van der Waals surface area contributed by atoms with Gasteiger partial charge in [-0.25, -0.2) is 4.98 Å². The first kappa shape index (κ1) is 14.9. The molecule has 1 N–H and O–H groups in total. The van der Waals surface area contributed by atoms with Gasteiger partial charge in [0.15, 0.2) is 5.16 Å². The van der Waals surface area contributed by atoms with E-state index in [0.717, 1.165) is 10.7 Å². The fourth-order valence-electron chi connectivity index (χ4n) is 2.20. The molecule has 0 bridgehead atoms. The zero-order valence-electron chi connectivity index (χ0n) is 11.8. The van der Waals surface area contributed by atoms with Gasteiger partial charge in [-0.2, -0.15) is 0 Å². The average Bonchev–Trinajstić information content (AvgIpc) is 2.97. The Bertz CT molecular complexity index is 433. The molecule has 0 aliphatic heterocycles. The summed E-state index contributed by atoms with van der Waals surface area (Å²) in [5.74, 6) is 1.19. The number of nitrogens with zero attached hydrogens (tertiary/aromatic N) is 1. The van der Waals surface area contributed by atoms with Crippen LogP contribution in [0.4, 0.5) is 0 Å². The van der Waals surface area contributed by atoms with Gasteiger partial charge in [0.25, 0.3) is 0 Å². The standard InChI is InChI=1S/C15H24N2S2/c1-2-3-4-5-6-7-8-9-10-19-15-16-13-11-18-12-14(13)17-15/h11-12H,2-10H2,1H3,(H,16,17). The monoisotopic (exact) mass is 296 g/mol. The molecule has 2 nitrogen and oxygen atoms in total. The molecule has 0 aliphatic carbocycles. The minimum absolute atomic E-state index is 1.08. The van der Waals surface area contributed by atoms with Crippen LogP contribution in [0.2, 0.25) is 0 Å². The van der Waals surface area contributed by atoms with Crippen LogP contribution in [0.15, 0.2) is 15.9 Å². The van der Waals surface area contributed by atoms with E-state index in [9.17, 15) is 0 Å². The summed E-state index contributed by atoms with van der Waals surface area (Å²) < 4.78 is 0. The molecule has 19 heavy (non-hydrogen) atoms. The van der Waals surface area contributed by atoms with Gasteiger partial charge in [-0.15, -0.1) is 11.3 Å². The van der Waals surface area contributed by atoms with Crippen LogP contribution in [0, 0.1) is 0 Å². The van der Waals surface area contributed by atoms with Gasteiger partial charge < -0.3 is 4.98 Å². The van der Waals surface area contributed by atoms with Crippen molar-refractivity contribution in [1.82, 2.24) is 9.97 Å². The normalized spacial score (nSPS) is 11.4. The zero-order chi connectivity index (χ0) is 13.3. The molecule has 0 spiro atoms. The molecule has 0 unspecified atom stereocenters. The molecule has 0 amide bonds. The number of hydrogen-bond donors (Lipinski definition) is 1. The predicted molar refractivity (Wildman–Crippen MR) is 87.3 cm³/mol. The van der Waals surface area contributed by atoms with Crippen LogP contribution in [0.25, 0.3) is 11.0 Å². The van der Waals surface area contributed by atoms with Crippen molar-refractivity contribution in [3.63, 3.8) is 0 Å². The number of aromatic nitrogens is 2. The number of thiophene rings is 1. The number of H-pyrrole nitrogens is 1. The molecule has 0 fully saturated rings. The summed E-state index contributed by atoms with van der Waals surface area (Å²) in [4.78, 5) is 7.92. The number of fused-ring (bicyclic) bond motifs is 1. The quantitative estimate of drug-likeness (QED) is 0.439. The lowest BCUT2D eigenvalue weighted by atomic mass is 10.1. The molecule has 106 valence electrons. The Kier molecular flexibility index (Phi) is 6.79. The van der Waals surface area contributed by atoms with Crippen LogP contribution in [0.3, 0.4) is 0 Å². The van der Waals surface area contributed by atoms with E-state index in [-0.39, 0.29) is 0 Å². The van der Waals surface area contributed by atoms with Crippen LogP contribution < -0.4 is 0 Å². The van der Waals surface area contributed by atoms with Crippen LogP contribution >= 0.6 is 23.1 Å². The summed E-state index contributed by atoms with van der Waals surface area (Å²) in [5.41, 5.74) is 2.30.